The molecule has 9 rings (SSSR count). The molecular weight excluding hydrogens is 583 g/mol. The van der Waals surface area contributed by atoms with Crippen molar-refractivity contribution >= 4 is 60.8 Å². The summed E-state index contributed by atoms with van der Waals surface area (Å²) in [6.07, 6.45) is 0. The zero-order valence-electron chi connectivity index (χ0n) is 26.3. The third-order valence-electron chi connectivity index (χ3n) is 9.50. The Kier molecular flexibility index (Phi) is 7.25. The van der Waals surface area contributed by atoms with E-state index in [1.165, 1.54) is 65.4 Å². The van der Waals surface area contributed by atoms with Gasteiger partial charge in [0.1, 0.15) is 0 Å². The third kappa shape index (κ3) is 4.63. The van der Waals surface area contributed by atoms with Gasteiger partial charge in [0, 0.05) is 22.4 Å². The number of para-hydroxylation sites is 2. The molecule has 3 nitrogen and oxygen atoms in total. The standard InChI is InChI=1S/C44H28N2.CH3N/c45-28-29-21-23-36-34-15-4-5-16-35(34)41-27-32(22-24-37(41)40(36)25-29)44(30-11-2-1-3-12-30)31-13-10-14-33(26-31)46-42-19-8-6-17-38(42)39-18-7-9-20-43(39)46;1-2/h1-27,44H;2H,1H2. The van der Waals surface area contributed by atoms with Crippen LogP contribution in [-0.2, 0) is 0 Å². The number of nitriles is 1. The van der Waals surface area contributed by atoms with E-state index < -0.39 is 0 Å². The van der Waals surface area contributed by atoms with E-state index in [9.17, 15) is 5.26 Å². The molecule has 3 heteroatoms. The van der Waals surface area contributed by atoms with E-state index in [1.807, 2.05) is 12.1 Å². The van der Waals surface area contributed by atoms with Gasteiger partial charge in [-0.25, -0.2) is 0 Å². The van der Waals surface area contributed by atoms with E-state index in [0.29, 0.717) is 5.56 Å². The molecule has 0 spiro atoms. The van der Waals surface area contributed by atoms with Crippen molar-refractivity contribution in [1.29, 1.82) is 10.7 Å². The largest absolute Gasteiger partial charge is 0.317 e. The van der Waals surface area contributed by atoms with Gasteiger partial charge in [0.25, 0.3) is 0 Å². The van der Waals surface area contributed by atoms with Gasteiger partial charge in [-0.3, -0.25) is 0 Å². The molecule has 0 fully saturated rings. The first-order valence-electron chi connectivity index (χ1n) is 16.1. The van der Waals surface area contributed by atoms with Gasteiger partial charge in [0.05, 0.1) is 22.7 Å². The molecule has 8 aromatic carbocycles. The van der Waals surface area contributed by atoms with Crippen molar-refractivity contribution < 1.29 is 0 Å². The second-order valence-corrected chi connectivity index (χ2v) is 12.0. The van der Waals surface area contributed by atoms with Crippen molar-refractivity contribution in [3.63, 3.8) is 0 Å². The summed E-state index contributed by atoms with van der Waals surface area (Å²) in [6, 6.07) is 61.1. The number of fused-ring (bicyclic) bond motifs is 9. The lowest BCUT2D eigenvalue weighted by Gasteiger charge is -2.21. The molecule has 0 radical (unpaired) electrons. The van der Waals surface area contributed by atoms with Crippen molar-refractivity contribution in [3.05, 3.63) is 186 Å². The van der Waals surface area contributed by atoms with Crippen LogP contribution in [0.3, 0.4) is 0 Å². The Bertz CT molecular complexity index is 2620. The zero-order chi connectivity index (χ0) is 32.6. The van der Waals surface area contributed by atoms with Crippen LogP contribution in [0.15, 0.2) is 164 Å². The minimum absolute atomic E-state index is 0.0264. The molecule has 0 amide bonds. The summed E-state index contributed by atoms with van der Waals surface area (Å²) in [6.45, 7) is 2.50. The highest BCUT2D eigenvalue weighted by Crippen LogP contribution is 2.40. The average Bonchev–Trinajstić information content (AvgIpc) is 3.50. The minimum Gasteiger partial charge on any atom is -0.317 e. The van der Waals surface area contributed by atoms with Crippen LogP contribution in [0.2, 0.25) is 0 Å². The lowest BCUT2D eigenvalue weighted by molar-refractivity contribution is 0.975. The maximum Gasteiger partial charge on any atom is 0.0991 e. The molecule has 226 valence electrons. The predicted molar refractivity (Wildman–Crippen MR) is 202 cm³/mol. The second kappa shape index (κ2) is 12.0. The molecule has 1 unspecified atom stereocenters. The molecule has 0 aliphatic rings. The third-order valence-corrected chi connectivity index (χ3v) is 9.50. The van der Waals surface area contributed by atoms with Gasteiger partial charge in [-0.1, -0.05) is 121 Å². The quantitative estimate of drug-likeness (QED) is 0.120. The van der Waals surface area contributed by atoms with Gasteiger partial charge >= 0.3 is 0 Å². The number of hydrogen-bond acceptors (Lipinski definition) is 2. The zero-order valence-corrected chi connectivity index (χ0v) is 26.3. The van der Waals surface area contributed by atoms with Crippen molar-refractivity contribution in [3.8, 4) is 11.8 Å². The van der Waals surface area contributed by atoms with E-state index in [-0.39, 0.29) is 5.92 Å². The molecule has 1 aromatic heterocycles. The van der Waals surface area contributed by atoms with Gasteiger partial charge in [0.2, 0.25) is 0 Å². The first kappa shape index (κ1) is 28.9. The summed E-state index contributed by atoms with van der Waals surface area (Å²) in [4.78, 5) is 0. The topological polar surface area (TPSA) is 52.6 Å². The lowest BCUT2D eigenvalue weighted by Crippen LogP contribution is -2.05. The van der Waals surface area contributed by atoms with Gasteiger partial charge in [0.15, 0.2) is 0 Å². The van der Waals surface area contributed by atoms with Gasteiger partial charge in [-0.05, 0) is 98.2 Å². The fourth-order valence-electron chi connectivity index (χ4n) is 7.49. The van der Waals surface area contributed by atoms with Crippen LogP contribution in [0.25, 0.3) is 59.8 Å². The molecule has 0 aliphatic carbocycles. The van der Waals surface area contributed by atoms with E-state index in [4.69, 9.17) is 5.41 Å². The van der Waals surface area contributed by atoms with Crippen LogP contribution in [0.4, 0.5) is 0 Å². The molecule has 0 bridgehead atoms. The van der Waals surface area contributed by atoms with Crippen molar-refractivity contribution in [2.24, 2.45) is 0 Å². The molecular formula is C45H31N3. The highest BCUT2D eigenvalue weighted by Gasteiger charge is 2.20. The highest BCUT2D eigenvalue weighted by molar-refractivity contribution is 6.25. The first-order chi connectivity index (χ1) is 23.8. The smallest absolute Gasteiger partial charge is 0.0991 e. The number of hydrogen-bond donors (Lipinski definition) is 1. The first-order valence-corrected chi connectivity index (χ1v) is 16.1. The number of rotatable bonds is 4. The van der Waals surface area contributed by atoms with Gasteiger partial charge in [-0.2, -0.15) is 5.26 Å². The second-order valence-electron chi connectivity index (χ2n) is 12.0. The predicted octanol–water partition coefficient (Wildman–Crippen LogP) is 11.6. The Morgan fingerprint density at radius 3 is 1.62 bits per heavy atom. The average molecular weight is 614 g/mol. The maximum atomic E-state index is 9.71. The van der Waals surface area contributed by atoms with E-state index in [0.717, 1.165) is 11.1 Å². The highest BCUT2D eigenvalue weighted by atomic mass is 15.0. The molecule has 9 aromatic rings. The summed E-state index contributed by atoms with van der Waals surface area (Å²) in [5, 5.41) is 24.8. The SMILES string of the molecule is C=N.N#Cc1ccc2c3ccccc3c3cc(C(c4ccccc4)c4cccc(-n5c6ccccc6c6ccccc65)c4)ccc3c2c1. The molecule has 1 N–H and O–H groups in total. The van der Waals surface area contributed by atoms with Crippen LogP contribution in [0.5, 0.6) is 0 Å². The van der Waals surface area contributed by atoms with Crippen LogP contribution < -0.4 is 0 Å². The summed E-state index contributed by atoms with van der Waals surface area (Å²) >= 11 is 0. The number of aromatic nitrogens is 1. The van der Waals surface area contributed by atoms with Crippen LogP contribution in [0, 0.1) is 16.7 Å². The fraction of sp³-hybridized carbons (Fsp3) is 0.0222. The summed E-state index contributed by atoms with van der Waals surface area (Å²) in [5.41, 5.74) is 7.96. The van der Waals surface area contributed by atoms with Crippen molar-refractivity contribution in [2.75, 3.05) is 0 Å². The Balaban J connectivity index is 0.00000165. The monoisotopic (exact) mass is 613 g/mol. The van der Waals surface area contributed by atoms with Gasteiger partial charge < -0.3 is 9.98 Å². The lowest BCUT2D eigenvalue weighted by atomic mass is 9.83. The Hall–Kier alpha value is -6.50. The molecule has 1 atom stereocenters. The van der Waals surface area contributed by atoms with E-state index in [1.54, 1.807) is 0 Å². The molecule has 48 heavy (non-hydrogen) atoms. The fourth-order valence-corrected chi connectivity index (χ4v) is 7.49. The summed E-state index contributed by atoms with van der Waals surface area (Å²) in [5.74, 6) is 0.0264. The Morgan fingerprint density at radius 2 is 0.938 bits per heavy atom. The molecule has 0 aliphatic heterocycles. The minimum atomic E-state index is 0.0264. The Morgan fingerprint density at radius 1 is 0.438 bits per heavy atom. The molecule has 0 saturated heterocycles. The molecule has 0 saturated carbocycles. The summed E-state index contributed by atoms with van der Waals surface area (Å²) < 4.78 is 2.39. The van der Waals surface area contributed by atoms with Gasteiger partial charge in [-0.15, -0.1) is 0 Å². The number of benzene rings is 8. The normalized spacial score (nSPS) is 11.8. The number of nitrogens with one attached hydrogen (secondary N) is 1. The van der Waals surface area contributed by atoms with E-state index in [2.05, 4.69) is 169 Å². The summed E-state index contributed by atoms with van der Waals surface area (Å²) in [7, 11) is 0. The van der Waals surface area contributed by atoms with Crippen LogP contribution in [-0.4, -0.2) is 11.3 Å². The maximum absolute atomic E-state index is 9.71. The molecule has 1 heterocycles. The van der Waals surface area contributed by atoms with Crippen molar-refractivity contribution in [2.45, 2.75) is 5.92 Å². The number of nitrogens with zero attached hydrogens (tertiary/aromatic N) is 2. The Labute approximate surface area is 279 Å². The van der Waals surface area contributed by atoms with Crippen LogP contribution in [0.1, 0.15) is 28.2 Å². The van der Waals surface area contributed by atoms with E-state index >= 15 is 0 Å². The van der Waals surface area contributed by atoms with Crippen molar-refractivity contribution in [1.82, 2.24) is 4.57 Å². The van der Waals surface area contributed by atoms with Crippen LogP contribution >= 0.6 is 0 Å².